The molecule has 0 heterocycles. The first-order valence-electron chi connectivity index (χ1n) is 7.91. The molecule has 0 aliphatic carbocycles. The summed E-state index contributed by atoms with van der Waals surface area (Å²) >= 11 is 12.0. The number of halogens is 2. The number of hydrogen-bond acceptors (Lipinski definition) is 3. The van der Waals surface area contributed by atoms with Gasteiger partial charge in [-0.25, -0.2) is 0 Å². The van der Waals surface area contributed by atoms with Gasteiger partial charge in [-0.15, -0.1) is 0 Å². The van der Waals surface area contributed by atoms with Crippen molar-refractivity contribution in [1.82, 2.24) is 5.32 Å². The highest BCUT2D eigenvalue weighted by molar-refractivity contribution is 6.35. The van der Waals surface area contributed by atoms with Crippen molar-refractivity contribution < 1.29 is 14.3 Å². The second kappa shape index (κ2) is 8.88. The zero-order chi connectivity index (χ0) is 18.4. The van der Waals surface area contributed by atoms with Crippen molar-refractivity contribution in [2.24, 2.45) is 0 Å². The smallest absolute Gasteiger partial charge is 0.258 e. The number of nitrogens with one attached hydrogen (secondary N) is 1. The normalized spacial score (nSPS) is 11.7. The molecule has 1 N–H and O–H groups in total. The van der Waals surface area contributed by atoms with Crippen LogP contribution in [0.15, 0.2) is 42.5 Å². The summed E-state index contributed by atoms with van der Waals surface area (Å²) in [5.74, 6) is 0.324. The van der Waals surface area contributed by atoms with Crippen LogP contribution in [0.25, 0.3) is 0 Å². The molecule has 1 atom stereocenters. The van der Waals surface area contributed by atoms with Crippen molar-refractivity contribution in [1.29, 1.82) is 0 Å². The molecule has 0 aliphatic rings. The van der Waals surface area contributed by atoms with E-state index in [0.29, 0.717) is 27.8 Å². The molecule has 0 aromatic heterocycles. The molecular formula is C19H19Cl2NO3. The molecule has 1 amide bonds. The summed E-state index contributed by atoms with van der Waals surface area (Å²) in [6, 6.07) is 11.6. The van der Waals surface area contributed by atoms with Crippen LogP contribution in [0.5, 0.6) is 5.75 Å². The Bertz CT molecular complexity index is 760. The van der Waals surface area contributed by atoms with Crippen LogP contribution in [0.4, 0.5) is 0 Å². The fraction of sp³-hybridized carbons (Fsp3) is 0.263. The van der Waals surface area contributed by atoms with E-state index in [2.05, 4.69) is 5.32 Å². The standard InChI is InChI=1S/C19H19Cl2NO3/c1-3-18(23)13-4-7-15(8-5-13)25-11-19(24)22-12(2)16-9-6-14(20)10-17(16)21/h4-10,12H,3,11H2,1-2H3,(H,22,24). The minimum Gasteiger partial charge on any atom is -0.484 e. The lowest BCUT2D eigenvalue weighted by atomic mass is 10.1. The molecule has 1 unspecified atom stereocenters. The first kappa shape index (κ1) is 19.3. The lowest BCUT2D eigenvalue weighted by Gasteiger charge is -2.16. The Morgan fingerprint density at radius 2 is 1.80 bits per heavy atom. The van der Waals surface area contributed by atoms with Crippen LogP contribution in [0.3, 0.4) is 0 Å². The molecule has 0 aliphatic heterocycles. The lowest BCUT2D eigenvalue weighted by molar-refractivity contribution is -0.123. The van der Waals surface area contributed by atoms with E-state index in [1.165, 1.54) is 0 Å². The summed E-state index contributed by atoms with van der Waals surface area (Å²) in [5, 5.41) is 3.86. The van der Waals surface area contributed by atoms with Crippen LogP contribution < -0.4 is 10.1 Å². The van der Waals surface area contributed by atoms with E-state index < -0.39 is 0 Å². The first-order valence-corrected chi connectivity index (χ1v) is 8.66. The molecule has 0 saturated carbocycles. The summed E-state index contributed by atoms with van der Waals surface area (Å²) in [6.45, 7) is 3.51. The van der Waals surface area contributed by atoms with Crippen molar-refractivity contribution >= 4 is 34.9 Å². The van der Waals surface area contributed by atoms with E-state index >= 15 is 0 Å². The van der Waals surface area contributed by atoms with E-state index in [-0.39, 0.29) is 24.3 Å². The van der Waals surface area contributed by atoms with Gasteiger partial charge in [-0.3, -0.25) is 9.59 Å². The second-order valence-corrected chi connectivity index (χ2v) is 6.39. The Morgan fingerprint density at radius 3 is 2.40 bits per heavy atom. The highest BCUT2D eigenvalue weighted by atomic mass is 35.5. The van der Waals surface area contributed by atoms with Crippen LogP contribution in [0.1, 0.15) is 42.2 Å². The van der Waals surface area contributed by atoms with Crippen LogP contribution in [-0.2, 0) is 4.79 Å². The average Bonchev–Trinajstić information content (AvgIpc) is 2.59. The quantitative estimate of drug-likeness (QED) is 0.700. The number of hydrogen-bond donors (Lipinski definition) is 1. The van der Waals surface area contributed by atoms with Crippen molar-refractivity contribution in [3.05, 3.63) is 63.6 Å². The van der Waals surface area contributed by atoms with Gasteiger partial charge in [-0.1, -0.05) is 36.2 Å². The van der Waals surface area contributed by atoms with Gasteiger partial charge in [0.1, 0.15) is 5.75 Å². The zero-order valence-corrected chi connectivity index (χ0v) is 15.5. The van der Waals surface area contributed by atoms with Crippen molar-refractivity contribution in [3.8, 4) is 5.75 Å². The molecule has 2 aromatic carbocycles. The van der Waals surface area contributed by atoms with Gasteiger partial charge in [0.15, 0.2) is 12.4 Å². The zero-order valence-electron chi connectivity index (χ0n) is 14.0. The molecule has 6 heteroatoms. The minimum atomic E-state index is -0.273. The summed E-state index contributed by atoms with van der Waals surface area (Å²) in [4.78, 5) is 23.6. The number of Topliss-reactive ketones (excluding diaryl/α,β-unsaturated/α-hetero) is 1. The van der Waals surface area contributed by atoms with E-state index in [4.69, 9.17) is 27.9 Å². The molecule has 2 rings (SSSR count). The third-order valence-electron chi connectivity index (χ3n) is 3.67. The van der Waals surface area contributed by atoms with E-state index in [1.807, 2.05) is 13.8 Å². The number of carbonyl (C=O) groups is 2. The van der Waals surface area contributed by atoms with E-state index in [1.54, 1.807) is 42.5 Å². The topological polar surface area (TPSA) is 55.4 Å². The fourth-order valence-electron chi connectivity index (χ4n) is 2.30. The Labute approximate surface area is 157 Å². The predicted molar refractivity (Wildman–Crippen MR) is 99.6 cm³/mol. The van der Waals surface area contributed by atoms with Crippen LogP contribution in [-0.4, -0.2) is 18.3 Å². The van der Waals surface area contributed by atoms with Gasteiger partial charge < -0.3 is 10.1 Å². The number of carbonyl (C=O) groups excluding carboxylic acids is 2. The number of ether oxygens (including phenoxy) is 1. The number of ketones is 1. The van der Waals surface area contributed by atoms with Gasteiger partial charge in [0.25, 0.3) is 5.91 Å². The average molecular weight is 380 g/mol. The highest BCUT2D eigenvalue weighted by Gasteiger charge is 2.13. The molecule has 0 bridgehead atoms. The molecular weight excluding hydrogens is 361 g/mol. The SMILES string of the molecule is CCC(=O)c1ccc(OCC(=O)NC(C)c2ccc(Cl)cc2Cl)cc1. The summed E-state index contributed by atoms with van der Waals surface area (Å²) in [6.07, 6.45) is 0.452. The molecule has 132 valence electrons. The molecule has 2 aromatic rings. The first-order chi connectivity index (χ1) is 11.9. The molecule has 4 nitrogen and oxygen atoms in total. The van der Waals surface area contributed by atoms with Gasteiger partial charge in [0, 0.05) is 22.0 Å². The number of benzene rings is 2. The van der Waals surface area contributed by atoms with Crippen molar-refractivity contribution in [2.45, 2.75) is 26.3 Å². The van der Waals surface area contributed by atoms with Gasteiger partial charge in [-0.2, -0.15) is 0 Å². The molecule has 0 saturated heterocycles. The Balaban J connectivity index is 1.88. The number of amides is 1. The van der Waals surface area contributed by atoms with Gasteiger partial charge in [-0.05, 0) is 48.9 Å². The largest absolute Gasteiger partial charge is 0.484 e. The molecule has 0 radical (unpaired) electrons. The Morgan fingerprint density at radius 1 is 1.12 bits per heavy atom. The van der Waals surface area contributed by atoms with Gasteiger partial charge in [0.05, 0.1) is 6.04 Å². The monoisotopic (exact) mass is 379 g/mol. The molecule has 0 spiro atoms. The highest BCUT2D eigenvalue weighted by Crippen LogP contribution is 2.26. The minimum absolute atomic E-state index is 0.0676. The molecule has 25 heavy (non-hydrogen) atoms. The lowest BCUT2D eigenvalue weighted by Crippen LogP contribution is -2.31. The summed E-state index contributed by atoms with van der Waals surface area (Å²) in [7, 11) is 0. The fourth-order valence-corrected chi connectivity index (χ4v) is 2.88. The maximum absolute atomic E-state index is 12.0. The molecule has 0 fully saturated rings. The van der Waals surface area contributed by atoms with Gasteiger partial charge >= 0.3 is 0 Å². The van der Waals surface area contributed by atoms with Crippen molar-refractivity contribution in [2.75, 3.05) is 6.61 Å². The van der Waals surface area contributed by atoms with E-state index in [0.717, 1.165) is 5.56 Å². The Hall–Kier alpha value is -2.04. The van der Waals surface area contributed by atoms with Crippen LogP contribution >= 0.6 is 23.2 Å². The van der Waals surface area contributed by atoms with Crippen molar-refractivity contribution in [3.63, 3.8) is 0 Å². The Kier molecular flexibility index (Phi) is 6.85. The van der Waals surface area contributed by atoms with Gasteiger partial charge in [0.2, 0.25) is 0 Å². The predicted octanol–water partition coefficient (Wildman–Crippen LogP) is 4.84. The summed E-state index contributed by atoms with van der Waals surface area (Å²) in [5.41, 5.74) is 1.41. The van der Waals surface area contributed by atoms with E-state index in [9.17, 15) is 9.59 Å². The third kappa shape index (κ3) is 5.48. The maximum atomic E-state index is 12.0. The third-order valence-corrected chi connectivity index (χ3v) is 4.24. The second-order valence-electron chi connectivity index (χ2n) is 5.54. The maximum Gasteiger partial charge on any atom is 0.258 e. The summed E-state index contributed by atoms with van der Waals surface area (Å²) < 4.78 is 5.44. The number of rotatable bonds is 7. The van der Waals surface area contributed by atoms with Crippen LogP contribution in [0, 0.1) is 0 Å². The van der Waals surface area contributed by atoms with Crippen LogP contribution in [0.2, 0.25) is 10.0 Å².